The number of aryl methyl sites for hydroxylation is 1. The van der Waals surface area contributed by atoms with Gasteiger partial charge in [0.15, 0.2) is 11.5 Å². The number of ether oxygens (including phenoxy) is 2. The number of hydrogen-bond donors (Lipinski definition) is 1. The summed E-state index contributed by atoms with van der Waals surface area (Å²) < 4.78 is 12.6. The molecule has 0 bridgehead atoms. The summed E-state index contributed by atoms with van der Waals surface area (Å²) in [6.45, 7) is 2.87. The highest BCUT2D eigenvalue weighted by Crippen LogP contribution is 2.27. The van der Waals surface area contributed by atoms with Gasteiger partial charge in [0.1, 0.15) is 12.4 Å². The van der Waals surface area contributed by atoms with Gasteiger partial charge in [-0.2, -0.15) is 0 Å². The topological polar surface area (TPSA) is 65.4 Å². The number of fused-ring (bicyclic) bond motifs is 1. The average molecular weight is 396 g/mol. The number of aromatic nitrogens is 2. The minimum Gasteiger partial charge on any atom is -0.493 e. The van der Waals surface area contributed by atoms with Gasteiger partial charge in [-0.1, -0.05) is 38.0 Å². The standard InChI is InChI=1S/C23H29N3O3/c1-4-5-6-11-22-25-18-9-7-8-10-19(18)26(22)16-23(27)24-15-17-12-13-20(28-2)21(14-17)29-3/h7-10,12-14H,4-6,11,15-16H2,1-3H3,(H,24,27). The van der Waals surface area contributed by atoms with Crippen molar-refractivity contribution in [3.8, 4) is 11.5 Å². The van der Waals surface area contributed by atoms with Crippen molar-refractivity contribution < 1.29 is 14.3 Å². The zero-order chi connectivity index (χ0) is 20.6. The number of imidazole rings is 1. The van der Waals surface area contributed by atoms with Crippen molar-refractivity contribution in [2.24, 2.45) is 0 Å². The third-order valence-corrected chi connectivity index (χ3v) is 4.98. The van der Waals surface area contributed by atoms with Crippen molar-refractivity contribution in [2.45, 2.75) is 45.7 Å². The number of amides is 1. The second kappa shape index (κ2) is 9.96. The Kier molecular flexibility index (Phi) is 7.11. The number of para-hydroxylation sites is 2. The molecular weight excluding hydrogens is 366 g/mol. The van der Waals surface area contributed by atoms with Crippen molar-refractivity contribution in [2.75, 3.05) is 14.2 Å². The molecule has 0 aliphatic carbocycles. The number of nitrogens with zero attached hydrogens (tertiary/aromatic N) is 2. The van der Waals surface area contributed by atoms with E-state index in [4.69, 9.17) is 14.5 Å². The van der Waals surface area contributed by atoms with Crippen LogP contribution in [0.25, 0.3) is 11.0 Å². The van der Waals surface area contributed by atoms with Gasteiger partial charge in [0, 0.05) is 13.0 Å². The van der Waals surface area contributed by atoms with Gasteiger partial charge in [-0.05, 0) is 36.2 Å². The highest BCUT2D eigenvalue weighted by molar-refractivity contribution is 5.81. The maximum absolute atomic E-state index is 12.7. The molecule has 0 spiro atoms. The van der Waals surface area contributed by atoms with Crippen molar-refractivity contribution in [3.05, 3.63) is 53.9 Å². The zero-order valence-corrected chi connectivity index (χ0v) is 17.4. The fourth-order valence-electron chi connectivity index (χ4n) is 3.42. The van der Waals surface area contributed by atoms with Gasteiger partial charge in [0.2, 0.25) is 5.91 Å². The second-order valence-corrected chi connectivity index (χ2v) is 7.03. The molecule has 1 N–H and O–H groups in total. The monoisotopic (exact) mass is 395 g/mol. The summed E-state index contributed by atoms with van der Waals surface area (Å²) in [4.78, 5) is 17.4. The number of rotatable bonds is 10. The van der Waals surface area contributed by atoms with E-state index in [9.17, 15) is 4.79 Å². The first-order valence-electron chi connectivity index (χ1n) is 10.1. The SMILES string of the molecule is CCCCCc1nc2ccccc2n1CC(=O)NCc1ccc(OC)c(OC)c1. The number of hydrogen-bond acceptors (Lipinski definition) is 4. The van der Waals surface area contributed by atoms with Crippen LogP contribution in [0.4, 0.5) is 0 Å². The molecule has 6 heteroatoms. The second-order valence-electron chi connectivity index (χ2n) is 7.03. The van der Waals surface area contributed by atoms with Crippen LogP contribution in [0, 0.1) is 0 Å². The van der Waals surface area contributed by atoms with Crippen molar-refractivity contribution in [1.29, 1.82) is 0 Å². The molecule has 154 valence electrons. The molecule has 6 nitrogen and oxygen atoms in total. The number of carbonyl (C=O) groups excluding carboxylic acids is 1. The molecule has 0 atom stereocenters. The summed E-state index contributed by atoms with van der Waals surface area (Å²) in [7, 11) is 3.21. The molecule has 0 aliphatic heterocycles. The van der Waals surface area contributed by atoms with E-state index in [0.717, 1.165) is 48.1 Å². The average Bonchev–Trinajstić information content (AvgIpc) is 3.09. The number of carbonyl (C=O) groups is 1. The van der Waals surface area contributed by atoms with Crippen molar-refractivity contribution in [1.82, 2.24) is 14.9 Å². The number of nitrogens with one attached hydrogen (secondary N) is 1. The Labute approximate surface area is 171 Å². The molecule has 29 heavy (non-hydrogen) atoms. The van der Waals surface area contributed by atoms with Gasteiger partial charge in [0.05, 0.1) is 25.3 Å². The maximum atomic E-state index is 12.7. The number of unbranched alkanes of at least 4 members (excludes halogenated alkanes) is 2. The lowest BCUT2D eigenvalue weighted by atomic mass is 10.2. The Morgan fingerprint density at radius 2 is 1.86 bits per heavy atom. The highest BCUT2D eigenvalue weighted by Gasteiger charge is 2.13. The van der Waals surface area contributed by atoms with Gasteiger partial charge in [-0.15, -0.1) is 0 Å². The number of benzene rings is 2. The van der Waals surface area contributed by atoms with E-state index in [-0.39, 0.29) is 12.5 Å². The minimum absolute atomic E-state index is 0.0420. The van der Waals surface area contributed by atoms with Crippen LogP contribution in [-0.4, -0.2) is 29.7 Å². The molecule has 1 aromatic heterocycles. The lowest BCUT2D eigenvalue weighted by molar-refractivity contribution is -0.121. The summed E-state index contributed by atoms with van der Waals surface area (Å²) in [5.41, 5.74) is 2.89. The molecule has 1 heterocycles. The van der Waals surface area contributed by atoms with Gasteiger partial charge >= 0.3 is 0 Å². The lowest BCUT2D eigenvalue weighted by Gasteiger charge is -2.12. The molecule has 0 saturated heterocycles. The summed E-state index contributed by atoms with van der Waals surface area (Å²) in [5.74, 6) is 2.25. The summed E-state index contributed by atoms with van der Waals surface area (Å²) in [6.07, 6.45) is 4.28. The molecule has 0 aliphatic rings. The normalized spacial score (nSPS) is 10.9. The van der Waals surface area contributed by atoms with Gasteiger partial charge in [-0.3, -0.25) is 4.79 Å². The van der Waals surface area contributed by atoms with Gasteiger partial charge < -0.3 is 19.4 Å². The van der Waals surface area contributed by atoms with Crippen molar-refractivity contribution >= 4 is 16.9 Å². The first-order valence-corrected chi connectivity index (χ1v) is 10.1. The van der Waals surface area contributed by atoms with E-state index in [1.807, 2.05) is 47.0 Å². The third-order valence-electron chi connectivity index (χ3n) is 4.98. The van der Waals surface area contributed by atoms with E-state index in [0.29, 0.717) is 18.0 Å². The molecule has 0 fully saturated rings. The van der Waals surface area contributed by atoms with Crippen LogP contribution >= 0.6 is 0 Å². The van der Waals surface area contributed by atoms with Gasteiger partial charge in [-0.25, -0.2) is 4.98 Å². The molecule has 0 saturated carbocycles. The summed E-state index contributed by atoms with van der Waals surface area (Å²) in [6, 6.07) is 13.6. The molecular formula is C23H29N3O3. The third kappa shape index (κ3) is 5.08. The first kappa shape index (κ1) is 20.7. The van der Waals surface area contributed by atoms with E-state index in [1.165, 1.54) is 0 Å². The Balaban J connectivity index is 1.70. The first-order chi connectivity index (χ1) is 14.2. The fraction of sp³-hybridized carbons (Fsp3) is 0.391. The maximum Gasteiger partial charge on any atom is 0.240 e. The van der Waals surface area contributed by atoms with Crippen molar-refractivity contribution in [3.63, 3.8) is 0 Å². The largest absolute Gasteiger partial charge is 0.493 e. The zero-order valence-electron chi connectivity index (χ0n) is 17.4. The molecule has 3 aromatic rings. The smallest absolute Gasteiger partial charge is 0.240 e. The predicted octanol–water partition coefficient (Wildman–Crippen LogP) is 4.10. The van der Waals surface area contributed by atoms with E-state index in [2.05, 4.69) is 12.2 Å². The van der Waals surface area contributed by atoms with Crippen LogP contribution in [0.5, 0.6) is 11.5 Å². The van der Waals surface area contributed by atoms with Crippen LogP contribution < -0.4 is 14.8 Å². The van der Waals surface area contributed by atoms with Crippen LogP contribution in [0.1, 0.15) is 37.6 Å². The lowest BCUT2D eigenvalue weighted by Crippen LogP contribution is -2.27. The Bertz CT molecular complexity index is 965. The highest BCUT2D eigenvalue weighted by atomic mass is 16.5. The summed E-state index contributed by atoms with van der Waals surface area (Å²) in [5, 5.41) is 3.00. The Hall–Kier alpha value is -3.02. The van der Waals surface area contributed by atoms with Crippen LogP contribution in [0.15, 0.2) is 42.5 Å². The molecule has 0 radical (unpaired) electrons. The Morgan fingerprint density at radius 3 is 2.62 bits per heavy atom. The molecule has 2 aromatic carbocycles. The quantitative estimate of drug-likeness (QED) is 0.525. The number of methoxy groups -OCH3 is 2. The van der Waals surface area contributed by atoms with Crippen LogP contribution in [-0.2, 0) is 24.3 Å². The molecule has 0 unspecified atom stereocenters. The van der Waals surface area contributed by atoms with E-state index >= 15 is 0 Å². The Morgan fingerprint density at radius 1 is 1.07 bits per heavy atom. The van der Waals surface area contributed by atoms with Crippen LogP contribution in [0.3, 0.4) is 0 Å². The summed E-state index contributed by atoms with van der Waals surface area (Å²) >= 11 is 0. The van der Waals surface area contributed by atoms with E-state index in [1.54, 1.807) is 14.2 Å². The van der Waals surface area contributed by atoms with E-state index < -0.39 is 0 Å². The van der Waals surface area contributed by atoms with Crippen LogP contribution in [0.2, 0.25) is 0 Å². The molecule has 3 rings (SSSR count). The van der Waals surface area contributed by atoms with Gasteiger partial charge in [0.25, 0.3) is 0 Å². The predicted molar refractivity (Wildman–Crippen MR) is 114 cm³/mol. The minimum atomic E-state index is -0.0420. The molecule has 1 amide bonds. The fourth-order valence-corrected chi connectivity index (χ4v) is 3.42.